The van der Waals surface area contributed by atoms with Crippen LogP contribution in [0.25, 0.3) is 10.9 Å². The second-order valence-corrected chi connectivity index (χ2v) is 10.0. The third-order valence-electron chi connectivity index (χ3n) is 6.34. The van der Waals surface area contributed by atoms with Gasteiger partial charge in [-0.15, -0.1) is 0 Å². The molecule has 1 N–H and O–H groups in total. The van der Waals surface area contributed by atoms with Gasteiger partial charge in [-0.3, -0.25) is 0 Å². The number of nitrogens with zero attached hydrogens (tertiary/aromatic N) is 3. The van der Waals surface area contributed by atoms with E-state index in [0.717, 1.165) is 62.5 Å². The number of benzene rings is 2. The average molecular weight is 441 g/mol. The standard InChI is InChI=1S/C23H28N4O3S/c1-30-21-8-11-26(17-21)19-3-2-4-22(15-19)31(28,29)27-12-7-18-5-6-20(16-23(18)27)25-13-9-24-10-14-25/h2-7,12,15-16,21,24H,8-11,13-14,17H2,1H3. The molecule has 0 amide bonds. The summed E-state index contributed by atoms with van der Waals surface area (Å²) >= 11 is 0. The molecular weight excluding hydrogens is 412 g/mol. The van der Waals surface area contributed by atoms with Crippen LogP contribution in [0.2, 0.25) is 0 Å². The molecule has 1 atom stereocenters. The molecule has 2 fully saturated rings. The number of hydrogen-bond donors (Lipinski definition) is 1. The van der Waals surface area contributed by atoms with Crippen LogP contribution in [0.5, 0.6) is 0 Å². The fraction of sp³-hybridized carbons (Fsp3) is 0.391. The molecule has 0 saturated carbocycles. The third kappa shape index (κ3) is 3.79. The van der Waals surface area contributed by atoms with Crippen LogP contribution < -0.4 is 15.1 Å². The number of methoxy groups -OCH3 is 1. The van der Waals surface area contributed by atoms with Gasteiger partial charge in [-0.2, -0.15) is 0 Å². The molecule has 0 bridgehead atoms. The van der Waals surface area contributed by atoms with Crippen molar-refractivity contribution in [1.82, 2.24) is 9.29 Å². The van der Waals surface area contributed by atoms with Crippen molar-refractivity contribution in [2.45, 2.75) is 17.4 Å². The SMILES string of the molecule is COC1CCN(c2cccc(S(=O)(=O)n3ccc4ccc(N5CCNCC5)cc43)c2)C1. The van der Waals surface area contributed by atoms with Gasteiger partial charge in [0.25, 0.3) is 10.0 Å². The zero-order valence-corrected chi connectivity index (χ0v) is 18.5. The van der Waals surface area contributed by atoms with Crippen molar-refractivity contribution < 1.29 is 13.2 Å². The zero-order valence-electron chi connectivity index (χ0n) is 17.7. The third-order valence-corrected chi connectivity index (χ3v) is 8.03. The van der Waals surface area contributed by atoms with Crippen molar-refractivity contribution in [3.63, 3.8) is 0 Å². The highest BCUT2D eigenvalue weighted by Crippen LogP contribution is 2.29. The topological polar surface area (TPSA) is 66.8 Å². The van der Waals surface area contributed by atoms with Crippen molar-refractivity contribution in [3.05, 3.63) is 54.7 Å². The maximum absolute atomic E-state index is 13.6. The van der Waals surface area contributed by atoms with Crippen LogP contribution in [0.4, 0.5) is 11.4 Å². The summed E-state index contributed by atoms with van der Waals surface area (Å²) in [6.45, 7) is 5.34. The molecule has 2 aromatic carbocycles. The van der Waals surface area contributed by atoms with E-state index >= 15 is 0 Å². The first kappa shape index (κ1) is 20.4. The molecule has 8 heteroatoms. The molecule has 164 valence electrons. The highest BCUT2D eigenvalue weighted by molar-refractivity contribution is 7.90. The van der Waals surface area contributed by atoms with Gasteiger partial charge in [-0.1, -0.05) is 12.1 Å². The van der Waals surface area contributed by atoms with Crippen LogP contribution in [0.3, 0.4) is 0 Å². The van der Waals surface area contributed by atoms with E-state index in [4.69, 9.17) is 4.74 Å². The van der Waals surface area contributed by atoms with Crippen LogP contribution in [0, 0.1) is 0 Å². The van der Waals surface area contributed by atoms with Crippen LogP contribution in [-0.4, -0.2) is 64.9 Å². The van der Waals surface area contributed by atoms with E-state index in [1.165, 1.54) is 3.97 Å². The first-order valence-corrected chi connectivity index (χ1v) is 12.2. The number of anilines is 2. The van der Waals surface area contributed by atoms with Crippen molar-refractivity contribution in [2.24, 2.45) is 0 Å². The van der Waals surface area contributed by atoms with Crippen molar-refractivity contribution in [1.29, 1.82) is 0 Å². The number of piperazine rings is 1. The van der Waals surface area contributed by atoms with E-state index in [-0.39, 0.29) is 6.10 Å². The normalized spacial score (nSPS) is 20.0. The molecule has 1 unspecified atom stereocenters. The minimum absolute atomic E-state index is 0.192. The monoisotopic (exact) mass is 440 g/mol. The summed E-state index contributed by atoms with van der Waals surface area (Å²) in [4.78, 5) is 4.78. The summed E-state index contributed by atoms with van der Waals surface area (Å²) in [5.41, 5.74) is 2.68. The Labute approximate surface area is 183 Å². The fourth-order valence-corrected chi connectivity index (χ4v) is 5.92. The highest BCUT2D eigenvalue weighted by Gasteiger charge is 2.25. The Balaban J connectivity index is 1.50. The maximum Gasteiger partial charge on any atom is 0.268 e. The number of aromatic nitrogens is 1. The number of ether oxygens (including phenoxy) is 1. The molecule has 2 aliphatic heterocycles. The highest BCUT2D eigenvalue weighted by atomic mass is 32.2. The molecule has 3 aromatic rings. The predicted octanol–water partition coefficient (Wildman–Crippen LogP) is 2.51. The lowest BCUT2D eigenvalue weighted by Crippen LogP contribution is -2.43. The second-order valence-electron chi connectivity index (χ2n) is 8.19. The van der Waals surface area contributed by atoms with E-state index in [9.17, 15) is 8.42 Å². The fourth-order valence-electron chi connectivity index (χ4n) is 4.53. The minimum atomic E-state index is -3.71. The van der Waals surface area contributed by atoms with Gasteiger partial charge in [0.2, 0.25) is 0 Å². The first-order chi connectivity index (χ1) is 15.1. The molecule has 1 aromatic heterocycles. The lowest BCUT2D eigenvalue weighted by molar-refractivity contribution is 0.121. The van der Waals surface area contributed by atoms with Crippen molar-refractivity contribution in [2.75, 3.05) is 56.2 Å². The average Bonchev–Trinajstić information content (AvgIpc) is 3.47. The van der Waals surface area contributed by atoms with E-state index in [1.807, 2.05) is 30.3 Å². The summed E-state index contributed by atoms with van der Waals surface area (Å²) in [6, 6.07) is 15.2. The Morgan fingerprint density at radius 1 is 0.968 bits per heavy atom. The van der Waals surface area contributed by atoms with Crippen LogP contribution in [0.15, 0.2) is 59.6 Å². The summed E-state index contributed by atoms with van der Waals surface area (Å²) in [5.74, 6) is 0. The Morgan fingerprint density at radius 2 is 1.77 bits per heavy atom. The molecule has 0 spiro atoms. The van der Waals surface area contributed by atoms with Gasteiger partial charge in [0, 0.05) is 69.3 Å². The second kappa shape index (κ2) is 8.18. The molecule has 7 nitrogen and oxygen atoms in total. The molecule has 31 heavy (non-hydrogen) atoms. The van der Waals surface area contributed by atoms with E-state index in [0.29, 0.717) is 10.4 Å². The lowest BCUT2D eigenvalue weighted by Gasteiger charge is -2.29. The summed E-state index contributed by atoms with van der Waals surface area (Å²) in [7, 11) is -1.99. The Kier molecular flexibility index (Phi) is 5.37. The molecule has 2 saturated heterocycles. The Morgan fingerprint density at radius 3 is 2.55 bits per heavy atom. The van der Waals surface area contributed by atoms with Gasteiger partial charge in [0.1, 0.15) is 0 Å². The lowest BCUT2D eigenvalue weighted by atomic mass is 10.2. The predicted molar refractivity (Wildman–Crippen MR) is 124 cm³/mol. The molecule has 0 aliphatic carbocycles. The first-order valence-electron chi connectivity index (χ1n) is 10.8. The Bertz CT molecular complexity index is 1180. The van der Waals surface area contributed by atoms with E-state index in [2.05, 4.69) is 21.2 Å². The molecule has 5 rings (SSSR count). The summed E-state index contributed by atoms with van der Waals surface area (Å²) in [5, 5.41) is 4.27. The van der Waals surface area contributed by atoms with E-state index in [1.54, 1.807) is 25.4 Å². The van der Waals surface area contributed by atoms with Gasteiger partial charge in [-0.25, -0.2) is 12.4 Å². The van der Waals surface area contributed by atoms with Gasteiger partial charge in [0.05, 0.1) is 16.5 Å². The van der Waals surface area contributed by atoms with Crippen molar-refractivity contribution in [3.8, 4) is 0 Å². The summed E-state index contributed by atoms with van der Waals surface area (Å²) < 4.78 is 34.0. The van der Waals surface area contributed by atoms with Gasteiger partial charge in [-0.05, 0) is 42.8 Å². The largest absolute Gasteiger partial charge is 0.380 e. The molecule has 0 radical (unpaired) electrons. The Hall–Kier alpha value is -2.55. The van der Waals surface area contributed by atoms with E-state index < -0.39 is 10.0 Å². The molecule has 2 aliphatic rings. The zero-order chi connectivity index (χ0) is 21.4. The van der Waals surface area contributed by atoms with Gasteiger partial charge >= 0.3 is 0 Å². The quantitative estimate of drug-likeness (QED) is 0.658. The van der Waals surface area contributed by atoms with Gasteiger partial charge in [0.15, 0.2) is 0 Å². The number of fused-ring (bicyclic) bond motifs is 1. The number of rotatable bonds is 5. The molecular formula is C23H28N4O3S. The smallest absolute Gasteiger partial charge is 0.268 e. The number of hydrogen-bond acceptors (Lipinski definition) is 6. The summed E-state index contributed by atoms with van der Waals surface area (Å²) in [6.07, 6.45) is 2.80. The number of nitrogens with one attached hydrogen (secondary N) is 1. The minimum Gasteiger partial charge on any atom is -0.380 e. The molecule has 3 heterocycles. The van der Waals surface area contributed by atoms with Crippen LogP contribution in [0.1, 0.15) is 6.42 Å². The van der Waals surface area contributed by atoms with Crippen LogP contribution in [-0.2, 0) is 14.8 Å². The van der Waals surface area contributed by atoms with Crippen LogP contribution >= 0.6 is 0 Å². The van der Waals surface area contributed by atoms with Gasteiger partial charge < -0.3 is 19.9 Å². The van der Waals surface area contributed by atoms with Crippen molar-refractivity contribution >= 4 is 32.3 Å². The maximum atomic E-state index is 13.6.